The topological polar surface area (TPSA) is 127 Å². The first-order chi connectivity index (χ1) is 23.4. The van der Waals surface area contributed by atoms with Crippen LogP contribution in [0.25, 0.3) is 0 Å². The predicted molar refractivity (Wildman–Crippen MR) is 188 cm³/mol. The molecule has 9 nitrogen and oxygen atoms in total. The smallest absolute Gasteiger partial charge is 0.126 e. The molecule has 264 valence electrons. The molecule has 9 heteroatoms. The molecule has 0 aromatic heterocycles. The fraction of sp³-hybridized carbons (Fsp3) is 0.400. The van der Waals surface area contributed by atoms with Gasteiger partial charge in [-0.05, 0) is 71.1 Å². The number of aliphatic hydroxyl groups is 1. The molecule has 0 amide bonds. The normalized spacial score (nSPS) is 13.1. The Morgan fingerprint density at radius 3 is 1.04 bits per heavy atom. The van der Waals surface area contributed by atoms with E-state index in [4.69, 9.17) is 23.7 Å². The summed E-state index contributed by atoms with van der Waals surface area (Å²) < 4.78 is 27.1. The van der Waals surface area contributed by atoms with Crippen molar-refractivity contribution < 1.29 is 44.1 Å². The molecule has 0 spiro atoms. The van der Waals surface area contributed by atoms with E-state index in [1.165, 1.54) is 0 Å². The number of ether oxygens (including phenoxy) is 5. The molecule has 0 aliphatic carbocycles. The average molecular weight is 675 g/mol. The fourth-order valence-corrected chi connectivity index (χ4v) is 6.55. The van der Waals surface area contributed by atoms with Gasteiger partial charge in [-0.25, -0.2) is 0 Å². The highest BCUT2D eigenvalue weighted by atomic mass is 16.5. The number of aromatic hydroxyl groups is 3. The van der Waals surface area contributed by atoms with Gasteiger partial charge in [-0.1, -0.05) is 38.1 Å². The monoisotopic (exact) mass is 674 g/mol. The van der Waals surface area contributed by atoms with E-state index in [1.807, 2.05) is 36.4 Å². The van der Waals surface area contributed by atoms with Crippen molar-refractivity contribution in [3.63, 3.8) is 0 Å². The number of hydrogen-bond donors (Lipinski definition) is 4. The van der Waals surface area contributed by atoms with E-state index in [0.29, 0.717) is 33.4 Å². The summed E-state index contributed by atoms with van der Waals surface area (Å²) in [5.41, 5.74) is 6.90. The number of methoxy groups -OCH3 is 5. The van der Waals surface area contributed by atoms with Crippen molar-refractivity contribution in [3.8, 4) is 17.2 Å². The zero-order valence-corrected chi connectivity index (χ0v) is 29.8. The number of phenols is 3. The van der Waals surface area contributed by atoms with Gasteiger partial charge in [0.15, 0.2) is 0 Å². The van der Waals surface area contributed by atoms with Crippen molar-refractivity contribution in [2.75, 3.05) is 35.5 Å². The lowest BCUT2D eigenvalue weighted by atomic mass is 9.68. The third-order valence-corrected chi connectivity index (χ3v) is 9.53. The van der Waals surface area contributed by atoms with Crippen molar-refractivity contribution in [1.29, 1.82) is 0 Å². The molecule has 4 rings (SSSR count). The highest BCUT2D eigenvalue weighted by Crippen LogP contribution is 2.45. The van der Waals surface area contributed by atoms with Crippen LogP contribution < -0.4 is 0 Å². The second kappa shape index (κ2) is 16.2. The van der Waals surface area contributed by atoms with Crippen LogP contribution in [0, 0.1) is 0 Å². The summed E-state index contributed by atoms with van der Waals surface area (Å²) in [5, 5.41) is 43.2. The van der Waals surface area contributed by atoms with E-state index in [0.717, 1.165) is 27.8 Å². The molecular formula is C40H50O9. The van der Waals surface area contributed by atoms with Gasteiger partial charge < -0.3 is 44.1 Å². The first-order valence-corrected chi connectivity index (χ1v) is 16.1. The van der Waals surface area contributed by atoms with E-state index in [1.54, 1.807) is 35.5 Å². The Morgan fingerprint density at radius 2 is 0.714 bits per heavy atom. The molecule has 0 bridgehead atoms. The van der Waals surface area contributed by atoms with Crippen LogP contribution >= 0.6 is 0 Å². The number of rotatable bonds is 16. The molecule has 4 aromatic carbocycles. The van der Waals surface area contributed by atoms with Gasteiger partial charge >= 0.3 is 0 Å². The van der Waals surface area contributed by atoms with Crippen LogP contribution in [0.5, 0.6) is 17.2 Å². The van der Waals surface area contributed by atoms with Gasteiger partial charge in [-0.2, -0.15) is 0 Å². The van der Waals surface area contributed by atoms with Crippen molar-refractivity contribution >= 4 is 0 Å². The van der Waals surface area contributed by atoms with E-state index in [2.05, 4.69) is 45.0 Å². The molecule has 1 unspecified atom stereocenters. The molecule has 4 aromatic rings. The van der Waals surface area contributed by atoms with E-state index >= 15 is 0 Å². The lowest BCUT2D eigenvalue weighted by Crippen LogP contribution is -2.27. The van der Waals surface area contributed by atoms with Gasteiger partial charge in [0.2, 0.25) is 0 Å². The SMILES string of the molecule is COCc1cc(C(C)(c2ccc(C(C)(C)c3cc(COC)c(O)c(COC)c3)cc2)c2cc(COC)c(O)c(COC)c2)cc(CO)c1O. The van der Waals surface area contributed by atoms with Crippen LogP contribution in [-0.4, -0.2) is 56.0 Å². The molecule has 0 aliphatic rings. The van der Waals surface area contributed by atoms with E-state index in [-0.39, 0.29) is 56.9 Å². The minimum Gasteiger partial charge on any atom is -0.507 e. The highest BCUT2D eigenvalue weighted by molar-refractivity contribution is 5.58. The lowest BCUT2D eigenvalue weighted by molar-refractivity contribution is 0.174. The maximum absolute atomic E-state index is 11.1. The van der Waals surface area contributed by atoms with Gasteiger partial charge in [0.25, 0.3) is 0 Å². The molecular weight excluding hydrogens is 624 g/mol. The average Bonchev–Trinajstić information content (AvgIpc) is 3.09. The molecule has 0 fully saturated rings. The third kappa shape index (κ3) is 7.62. The van der Waals surface area contributed by atoms with E-state index in [9.17, 15) is 20.4 Å². The fourth-order valence-electron chi connectivity index (χ4n) is 6.55. The summed E-state index contributed by atoms with van der Waals surface area (Å²) >= 11 is 0. The van der Waals surface area contributed by atoms with Crippen molar-refractivity contribution in [2.45, 2.75) is 71.2 Å². The minimum absolute atomic E-state index is 0.00650. The summed E-state index contributed by atoms with van der Waals surface area (Å²) in [5.74, 6) is 0.282. The van der Waals surface area contributed by atoms with Crippen LogP contribution in [0.1, 0.15) is 82.0 Å². The highest BCUT2D eigenvalue weighted by Gasteiger charge is 2.35. The maximum atomic E-state index is 11.1. The van der Waals surface area contributed by atoms with Crippen LogP contribution in [0.3, 0.4) is 0 Å². The van der Waals surface area contributed by atoms with Crippen LogP contribution in [0.4, 0.5) is 0 Å². The largest absolute Gasteiger partial charge is 0.507 e. The molecule has 49 heavy (non-hydrogen) atoms. The summed E-state index contributed by atoms with van der Waals surface area (Å²) in [6.45, 7) is 7.06. The third-order valence-electron chi connectivity index (χ3n) is 9.53. The van der Waals surface area contributed by atoms with Gasteiger partial charge in [0.05, 0.1) is 39.6 Å². The minimum atomic E-state index is -0.836. The molecule has 4 N–H and O–H groups in total. The lowest BCUT2D eigenvalue weighted by Gasteiger charge is -2.35. The molecule has 0 aliphatic heterocycles. The maximum Gasteiger partial charge on any atom is 0.126 e. The quantitative estimate of drug-likeness (QED) is 0.0960. The summed E-state index contributed by atoms with van der Waals surface area (Å²) in [4.78, 5) is 0. The first-order valence-electron chi connectivity index (χ1n) is 16.1. The standard InChI is InChI=1S/C40H50O9/c1-39(2,33-14-26(20-45-4)37(43)27(15-33)21-46-5)31-9-11-32(12-10-31)40(3,34-13-25(19-41)36(42)28(16-34)22-47-6)35-17-29(23-48-7)38(44)30(18-35)24-49-8/h9-18,41-44H,19-24H2,1-8H3. The Morgan fingerprint density at radius 1 is 0.429 bits per heavy atom. The number of hydrogen-bond acceptors (Lipinski definition) is 9. The van der Waals surface area contributed by atoms with Crippen molar-refractivity contribution in [1.82, 2.24) is 0 Å². The van der Waals surface area contributed by atoms with Crippen molar-refractivity contribution in [2.24, 2.45) is 0 Å². The van der Waals surface area contributed by atoms with Gasteiger partial charge in [0.1, 0.15) is 17.2 Å². The molecule has 0 saturated heterocycles. The number of benzene rings is 4. The molecule has 0 saturated carbocycles. The van der Waals surface area contributed by atoms with Crippen LogP contribution in [0.15, 0.2) is 60.7 Å². The molecule has 1 atom stereocenters. The Hall–Kier alpha value is -3.96. The Balaban J connectivity index is 1.96. The zero-order chi connectivity index (χ0) is 35.9. The Bertz CT molecular complexity index is 1670. The van der Waals surface area contributed by atoms with Crippen LogP contribution in [-0.2, 0) is 74.2 Å². The van der Waals surface area contributed by atoms with Gasteiger partial charge in [0, 0.05) is 79.8 Å². The predicted octanol–water partition coefficient (Wildman–Crippen LogP) is 6.71. The number of phenolic OH excluding ortho intramolecular Hbond substituents is 2. The van der Waals surface area contributed by atoms with Crippen molar-refractivity contribution in [3.05, 3.63) is 122 Å². The molecule has 0 radical (unpaired) electrons. The second-order valence-corrected chi connectivity index (χ2v) is 13.1. The van der Waals surface area contributed by atoms with Gasteiger partial charge in [-0.15, -0.1) is 0 Å². The Labute approximate surface area is 289 Å². The van der Waals surface area contributed by atoms with E-state index < -0.39 is 10.8 Å². The summed E-state index contributed by atoms with van der Waals surface area (Å²) in [7, 11) is 7.92. The molecule has 0 heterocycles. The van der Waals surface area contributed by atoms with Gasteiger partial charge in [-0.3, -0.25) is 0 Å². The summed E-state index contributed by atoms with van der Waals surface area (Å²) in [6, 6.07) is 19.9. The first kappa shape index (κ1) is 37.9. The summed E-state index contributed by atoms with van der Waals surface area (Å²) in [6.07, 6.45) is 0. The van der Waals surface area contributed by atoms with Crippen LogP contribution in [0.2, 0.25) is 0 Å². The Kier molecular flexibility index (Phi) is 12.5. The second-order valence-electron chi connectivity index (χ2n) is 13.1. The zero-order valence-electron chi connectivity index (χ0n) is 29.8. The number of aliphatic hydroxyl groups excluding tert-OH is 1.